The van der Waals surface area contributed by atoms with Gasteiger partial charge in [0.2, 0.25) is 0 Å². The maximum absolute atomic E-state index is 4.09. The van der Waals surface area contributed by atoms with Crippen LogP contribution in [0.5, 0.6) is 0 Å². The van der Waals surface area contributed by atoms with Crippen LogP contribution < -0.4 is 5.32 Å². The number of hydrogen-bond acceptors (Lipinski definition) is 2. The van der Waals surface area contributed by atoms with Crippen LogP contribution in [0.2, 0.25) is 0 Å². The predicted octanol–water partition coefficient (Wildman–Crippen LogP) is 1.43. The predicted molar refractivity (Wildman–Crippen MR) is 55.4 cm³/mol. The highest BCUT2D eigenvalue weighted by molar-refractivity contribution is 5.44. The molecular weight excluding hydrogens is 162 g/mol. The summed E-state index contributed by atoms with van der Waals surface area (Å²) in [5.74, 6) is 0. The molecule has 13 heavy (non-hydrogen) atoms. The molecule has 1 unspecified atom stereocenters. The Bertz CT molecular complexity index is 275. The highest BCUT2D eigenvalue weighted by atomic mass is 15.2. The number of rotatable bonds is 4. The van der Waals surface area contributed by atoms with Crippen LogP contribution in [0.15, 0.2) is 18.3 Å². The number of aromatic nitrogens is 2. The molecule has 1 aromatic heterocycles. The summed E-state index contributed by atoms with van der Waals surface area (Å²) in [5.41, 5.74) is 1.13. The van der Waals surface area contributed by atoms with Crippen molar-refractivity contribution in [3.8, 4) is 0 Å². The van der Waals surface area contributed by atoms with Gasteiger partial charge in [0, 0.05) is 19.3 Å². The highest BCUT2D eigenvalue weighted by Crippen LogP contribution is 2.00. The van der Waals surface area contributed by atoms with Crippen LogP contribution in [-0.4, -0.2) is 22.4 Å². The van der Waals surface area contributed by atoms with Crippen molar-refractivity contribution < 1.29 is 0 Å². The molecule has 1 rings (SSSR count). The van der Waals surface area contributed by atoms with Crippen molar-refractivity contribution >= 4 is 6.08 Å². The summed E-state index contributed by atoms with van der Waals surface area (Å²) in [6.45, 7) is 5.24. The third-order valence-electron chi connectivity index (χ3n) is 1.94. The monoisotopic (exact) mass is 179 g/mol. The van der Waals surface area contributed by atoms with Gasteiger partial charge in [-0.3, -0.25) is 4.68 Å². The lowest BCUT2D eigenvalue weighted by molar-refractivity contribution is 0.662. The minimum Gasteiger partial charge on any atom is -0.311 e. The average molecular weight is 179 g/mol. The fraction of sp³-hybridized carbons (Fsp3) is 0.500. The standard InChI is InChI=1S/C10H17N3/c1-4-11-9(2)5-6-10-7-8-12-13(10)3/h5-9,11H,4H2,1-3H3/b6-5+. The molecule has 1 N–H and O–H groups in total. The van der Waals surface area contributed by atoms with Gasteiger partial charge in [-0.05, 0) is 25.6 Å². The van der Waals surface area contributed by atoms with Crippen LogP contribution in [-0.2, 0) is 7.05 Å². The molecule has 1 heterocycles. The first-order chi connectivity index (χ1) is 6.24. The lowest BCUT2D eigenvalue weighted by Gasteiger charge is -2.05. The van der Waals surface area contributed by atoms with Crippen LogP contribution >= 0.6 is 0 Å². The van der Waals surface area contributed by atoms with Gasteiger partial charge in [0.1, 0.15) is 0 Å². The quantitative estimate of drug-likeness (QED) is 0.757. The van der Waals surface area contributed by atoms with Crippen molar-refractivity contribution in [1.82, 2.24) is 15.1 Å². The number of likely N-dealkylation sites (N-methyl/N-ethyl adjacent to an activating group) is 1. The van der Waals surface area contributed by atoms with E-state index in [1.807, 2.05) is 17.8 Å². The molecule has 1 aromatic rings. The zero-order chi connectivity index (χ0) is 9.68. The van der Waals surface area contributed by atoms with E-state index in [0.29, 0.717) is 6.04 Å². The number of nitrogens with one attached hydrogen (secondary N) is 1. The molecule has 0 spiro atoms. The zero-order valence-electron chi connectivity index (χ0n) is 8.49. The van der Waals surface area contributed by atoms with Crippen LogP contribution in [0, 0.1) is 0 Å². The smallest absolute Gasteiger partial charge is 0.0603 e. The van der Waals surface area contributed by atoms with E-state index in [4.69, 9.17) is 0 Å². The summed E-state index contributed by atoms with van der Waals surface area (Å²) in [4.78, 5) is 0. The van der Waals surface area contributed by atoms with Gasteiger partial charge in [-0.1, -0.05) is 13.0 Å². The zero-order valence-corrected chi connectivity index (χ0v) is 8.49. The van der Waals surface area contributed by atoms with Crippen molar-refractivity contribution in [2.45, 2.75) is 19.9 Å². The van der Waals surface area contributed by atoms with E-state index < -0.39 is 0 Å². The Morgan fingerprint density at radius 1 is 1.69 bits per heavy atom. The van der Waals surface area contributed by atoms with Crippen LogP contribution in [0.4, 0.5) is 0 Å². The molecule has 0 saturated heterocycles. The number of aryl methyl sites for hydroxylation is 1. The molecule has 1 atom stereocenters. The molecule has 3 nitrogen and oxygen atoms in total. The van der Waals surface area contributed by atoms with E-state index in [0.717, 1.165) is 12.2 Å². The Hall–Kier alpha value is -1.09. The molecule has 0 aliphatic rings. The van der Waals surface area contributed by atoms with Gasteiger partial charge >= 0.3 is 0 Å². The summed E-state index contributed by atoms with van der Waals surface area (Å²) in [6, 6.07) is 2.41. The molecule has 0 aromatic carbocycles. The normalized spacial score (nSPS) is 13.8. The molecule has 0 radical (unpaired) electrons. The van der Waals surface area contributed by atoms with Gasteiger partial charge in [-0.2, -0.15) is 5.10 Å². The summed E-state index contributed by atoms with van der Waals surface area (Å²) in [7, 11) is 1.94. The Morgan fingerprint density at radius 3 is 3.00 bits per heavy atom. The first-order valence-corrected chi connectivity index (χ1v) is 4.63. The van der Waals surface area contributed by atoms with Crippen molar-refractivity contribution in [1.29, 1.82) is 0 Å². The van der Waals surface area contributed by atoms with Crippen LogP contribution in [0.25, 0.3) is 6.08 Å². The first-order valence-electron chi connectivity index (χ1n) is 4.63. The molecular formula is C10H17N3. The molecule has 0 aliphatic heterocycles. The van der Waals surface area contributed by atoms with Crippen molar-refractivity contribution in [2.24, 2.45) is 7.05 Å². The molecule has 0 amide bonds. The summed E-state index contributed by atoms with van der Waals surface area (Å²) >= 11 is 0. The van der Waals surface area contributed by atoms with Crippen molar-refractivity contribution in [3.63, 3.8) is 0 Å². The van der Waals surface area contributed by atoms with Crippen LogP contribution in [0.1, 0.15) is 19.5 Å². The summed E-state index contributed by atoms with van der Waals surface area (Å²) in [5, 5.41) is 7.40. The second-order valence-corrected chi connectivity index (χ2v) is 3.09. The molecule has 72 valence electrons. The van der Waals surface area contributed by atoms with Gasteiger partial charge in [-0.25, -0.2) is 0 Å². The van der Waals surface area contributed by atoms with Gasteiger partial charge in [0.05, 0.1) is 5.69 Å². The highest BCUT2D eigenvalue weighted by Gasteiger charge is 1.94. The first kappa shape index (κ1) is 9.99. The summed E-state index contributed by atoms with van der Waals surface area (Å²) < 4.78 is 1.86. The third kappa shape index (κ3) is 3.03. The number of nitrogens with zero attached hydrogens (tertiary/aromatic N) is 2. The lowest BCUT2D eigenvalue weighted by atomic mass is 10.2. The van der Waals surface area contributed by atoms with E-state index >= 15 is 0 Å². The van der Waals surface area contributed by atoms with E-state index in [2.05, 4.69) is 36.4 Å². The fourth-order valence-electron chi connectivity index (χ4n) is 1.18. The van der Waals surface area contributed by atoms with Gasteiger partial charge in [0.15, 0.2) is 0 Å². The molecule has 0 aliphatic carbocycles. The van der Waals surface area contributed by atoms with E-state index in [1.165, 1.54) is 0 Å². The summed E-state index contributed by atoms with van der Waals surface area (Å²) in [6.07, 6.45) is 6.03. The third-order valence-corrected chi connectivity index (χ3v) is 1.94. The fourth-order valence-corrected chi connectivity index (χ4v) is 1.18. The Kier molecular flexibility index (Phi) is 3.71. The SMILES string of the molecule is CCNC(C)/C=C/c1ccnn1C. The minimum absolute atomic E-state index is 0.417. The second-order valence-electron chi connectivity index (χ2n) is 3.09. The van der Waals surface area contributed by atoms with Gasteiger partial charge < -0.3 is 5.32 Å². The van der Waals surface area contributed by atoms with Crippen LogP contribution in [0.3, 0.4) is 0 Å². The largest absolute Gasteiger partial charge is 0.311 e. The molecule has 0 saturated carbocycles. The van der Waals surface area contributed by atoms with E-state index in [1.54, 1.807) is 6.20 Å². The maximum atomic E-state index is 4.09. The topological polar surface area (TPSA) is 29.9 Å². The average Bonchev–Trinajstić information content (AvgIpc) is 2.48. The Labute approximate surface area is 79.5 Å². The molecule has 0 bridgehead atoms. The maximum Gasteiger partial charge on any atom is 0.0603 e. The number of hydrogen-bond donors (Lipinski definition) is 1. The second kappa shape index (κ2) is 4.82. The van der Waals surface area contributed by atoms with E-state index in [-0.39, 0.29) is 0 Å². The Balaban J connectivity index is 2.53. The van der Waals surface area contributed by atoms with E-state index in [9.17, 15) is 0 Å². The lowest BCUT2D eigenvalue weighted by Crippen LogP contribution is -2.22. The van der Waals surface area contributed by atoms with Gasteiger partial charge in [0.25, 0.3) is 0 Å². The van der Waals surface area contributed by atoms with Crippen molar-refractivity contribution in [2.75, 3.05) is 6.54 Å². The minimum atomic E-state index is 0.417. The molecule has 0 fully saturated rings. The van der Waals surface area contributed by atoms with Crippen molar-refractivity contribution in [3.05, 3.63) is 24.0 Å². The molecule has 3 heteroatoms. The van der Waals surface area contributed by atoms with Gasteiger partial charge in [-0.15, -0.1) is 0 Å². The Morgan fingerprint density at radius 2 is 2.46 bits per heavy atom.